The standard InChI is InChI=1S/C18H23NO3/c1-20-16-7-4-14(5-8-16)10-11-19-13-15-6-9-17(21-2)12-18(15)22-3/h4-9,12,19H,10-11,13H2,1-3H3. The molecule has 0 atom stereocenters. The Kier molecular flexibility index (Phi) is 6.10. The average molecular weight is 301 g/mol. The fourth-order valence-electron chi connectivity index (χ4n) is 2.25. The van der Waals surface area contributed by atoms with E-state index < -0.39 is 0 Å². The van der Waals surface area contributed by atoms with Gasteiger partial charge in [-0.15, -0.1) is 0 Å². The van der Waals surface area contributed by atoms with Crippen molar-refractivity contribution in [2.45, 2.75) is 13.0 Å². The van der Waals surface area contributed by atoms with Gasteiger partial charge in [-0.25, -0.2) is 0 Å². The van der Waals surface area contributed by atoms with Gasteiger partial charge in [0.1, 0.15) is 17.2 Å². The number of ether oxygens (including phenoxy) is 3. The molecule has 0 spiro atoms. The highest BCUT2D eigenvalue weighted by atomic mass is 16.5. The molecule has 0 aliphatic carbocycles. The average Bonchev–Trinajstić information content (AvgIpc) is 2.59. The number of hydrogen-bond donors (Lipinski definition) is 1. The summed E-state index contributed by atoms with van der Waals surface area (Å²) in [7, 11) is 5.01. The van der Waals surface area contributed by atoms with Gasteiger partial charge in [0.05, 0.1) is 21.3 Å². The molecular weight excluding hydrogens is 278 g/mol. The molecule has 2 aromatic rings. The second kappa shape index (κ2) is 8.29. The molecular formula is C18H23NO3. The molecule has 0 bridgehead atoms. The van der Waals surface area contributed by atoms with E-state index in [1.165, 1.54) is 5.56 Å². The van der Waals surface area contributed by atoms with E-state index in [-0.39, 0.29) is 0 Å². The Morgan fingerprint density at radius 2 is 1.50 bits per heavy atom. The van der Waals surface area contributed by atoms with Crippen molar-refractivity contribution in [2.75, 3.05) is 27.9 Å². The minimum absolute atomic E-state index is 0.767. The fraction of sp³-hybridized carbons (Fsp3) is 0.333. The zero-order chi connectivity index (χ0) is 15.8. The Labute approximate surface area is 132 Å². The van der Waals surface area contributed by atoms with Gasteiger partial charge in [-0.2, -0.15) is 0 Å². The van der Waals surface area contributed by atoms with Gasteiger partial charge in [-0.05, 0) is 36.7 Å². The van der Waals surface area contributed by atoms with Crippen molar-refractivity contribution in [3.63, 3.8) is 0 Å². The number of methoxy groups -OCH3 is 3. The van der Waals surface area contributed by atoms with Crippen LogP contribution in [0, 0.1) is 0 Å². The molecule has 22 heavy (non-hydrogen) atoms. The first-order chi connectivity index (χ1) is 10.8. The number of rotatable bonds is 8. The molecule has 0 aliphatic heterocycles. The number of hydrogen-bond acceptors (Lipinski definition) is 4. The van der Waals surface area contributed by atoms with Crippen LogP contribution in [0.25, 0.3) is 0 Å². The molecule has 4 heteroatoms. The Bertz CT molecular complexity index is 581. The first-order valence-electron chi connectivity index (χ1n) is 7.31. The first-order valence-corrected chi connectivity index (χ1v) is 7.31. The van der Waals surface area contributed by atoms with Gasteiger partial charge < -0.3 is 19.5 Å². The molecule has 118 valence electrons. The Morgan fingerprint density at radius 1 is 0.818 bits per heavy atom. The van der Waals surface area contributed by atoms with E-state index in [1.54, 1.807) is 21.3 Å². The molecule has 2 rings (SSSR count). The van der Waals surface area contributed by atoms with E-state index in [0.717, 1.165) is 42.3 Å². The second-order valence-corrected chi connectivity index (χ2v) is 4.95. The first kappa shape index (κ1) is 16.2. The van der Waals surface area contributed by atoms with Gasteiger partial charge in [0, 0.05) is 18.2 Å². The fourth-order valence-corrected chi connectivity index (χ4v) is 2.25. The van der Waals surface area contributed by atoms with Crippen LogP contribution < -0.4 is 19.5 Å². The zero-order valence-electron chi connectivity index (χ0n) is 13.4. The molecule has 0 heterocycles. The van der Waals surface area contributed by atoms with Crippen LogP contribution in [0.15, 0.2) is 42.5 Å². The monoisotopic (exact) mass is 301 g/mol. The maximum absolute atomic E-state index is 5.39. The number of nitrogens with one attached hydrogen (secondary N) is 1. The number of benzene rings is 2. The van der Waals surface area contributed by atoms with Gasteiger partial charge in [0.2, 0.25) is 0 Å². The summed E-state index contributed by atoms with van der Waals surface area (Å²) in [5, 5.41) is 3.44. The summed E-state index contributed by atoms with van der Waals surface area (Å²) in [6, 6.07) is 14.0. The molecule has 0 radical (unpaired) electrons. The van der Waals surface area contributed by atoms with Crippen LogP contribution >= 0.6 is 0 Å². The molecule has 4 nitrogen and oxygen atoms in total. The predicted octanol–water partition coefficient (Wildman–Crippen LogP) is 3.04. The lowest BCUT2D eigenvalue weighted by atomic mass is 10.1. The molecule has 0 aliphatic rings. The summed E-state index contributed by atoms with van der Waals surface area (Å²) in [6.45, 7) is 1.67. The van der Waals surface area contributed by atoms with Crippen LogP contribution in [0.4, 0.5) is 0 Å². The quantitative estimate of drug-likeness (QED) is 0.761. The van der Waals surface area contributed by atoms with Gasteiger partial charge in [0.15, 0.2) is 0 Å². The highest BCUT2D eigenvalue weighted by Crippen LogP contribution is 2.24. The van der Waals surface area contributed by atoms with Gasteiger partial charge in [-0.1, -0.05) is 18.2 Å². The topological polar surface area (TPSA) is 39.7 Å². The molecule has 1 N–H and O–H groups in total. The Balaban J connectivity index is 1.83. The lowest BCUT2D eigenvalue weighted by Crippen LogP contribution is -2.17. The summed E-state index contributed by atoms with van der Waals surface area (Å²) in [4.78, 5) is 0. The highest BCUT2D eigenvalue weighted by molar-refractivity contribution is 5.40. The zero-order valence-corrected chi connectivity index (χ0v) is 13.4. The summed E-state index contributed by atoms with van der Waals surface area (Å²) < 4.78 is 15.8. The Morgan fingerprint density at radius 3 is 2.14 bits per heavy atom. The van der Waals surface area contributed by atoms with Crippen LogP contribution in [-0.4, -0.2) is 27.9 Å². The molecule has 0 aromatic heterocycles. The SMILES string of the molecule is COc1ccc(CCNCc2ccc(OC)cc2OC)cc1. The van der Waals surface area contributed by atoms with Crippen LogP contribution in [0.2, 0.25) is 0 Å². The molecule has 0 saturated carbocycles. The van der Waals surface area contributed by atoms with Crippen LogP contribution in [0.5, 0.6) is 17.2 Å². The lowest BCUT2D eigenvalue weighted by Gasteiger charge is -2.11. The largest absolute Gasteiger partial charge is 0.497 e. The van der Waals surface area contributed by atoms with Crippen molar-refractivity contribution in [2.24, 2.45) is 0 Å². The van der Waals surface area contributed by atoms with Crippen LogP contribution in [-0.2, 0) is 13.0 Å². The second-order valence-electron chi connectivity index (χ2n) is 4.95. The third-order valence-electron chi connectivity index (χ3n) is 3.56. The smallest absolute Gasteiger partial charge is 0.127 e. The van der Waals surface area contributed by atoms with Gasteiger partial charge in [-0.3, -0.25) is 0 Å². The van der Waals surface area contributed by atoms with Crippen molar-refractivity contribution in [3.8, 4) is 17.2 Å². The van der Waals surface area contributed by atoms with Crippen molar-refractivity contribution >= 4 is 0 Å². The maximum atomic E-state index is 5.39. The molecule has 2 aromatic carbocycles. The third-order valence-corrected chi connectivity index (χ3v) is 3.56. The van der Waals surface area contributed by atoms with Crippen molar-refractivity contribution in [3.05, 3.63) is 53.6 Å². The molecule has 0 unspecified atom stereocenters. The summed E-state index contributed by atoms with van der Waals surface area (Å²) in [5.41, 5.74) is 2.41. The normalized spacial score (nSPS) is 10.3. The highest BCUT2D eigenvalue weighted by Gasteiger charge is 2.04. The molecule has 0 fully saturated rings. The van der Waals surface area contributed by atoms with E-state index in [1.807, 2.05) is 30.3 Å². The van der Waals surface area contributed by atoms with Crippen LogP contribution in [0.3, 0.4) is 0 Å². The van der Waals surface area contributed by atoms with E-state index in [4.69, 9.17) is 14.2 Å². The van der Waals surface area contributed by atoms with Crippen molar-refractivity contribution in [1.29, 1.82) is 0 Å². The van der Waals surface area contributed by atoms with E-state index in [2.05, 4.69) is 17.4 Å². The predicted molar refractivity (Wildman–Crippen MR) is 88.0 cm³/mol. The minimum atomic E-state index is 0.767. The lowest BCUT2D eigenvalue weighted by molar-refractivity contribution is 0.390. The Hall–Kier alpha value is -2.20. The van der Waals surface area contributed by atoms with Gasteiger partial charge in [0.25, 0.3) is 0 Å². The van der Waals surface area contributed by atoms with Gasteiger partial charge >= 0.3 is 0 Å². The van der Waals surface area contributed by atoms with E-state index in [0.29, 0.717) is 0 Å². The third kappa shape index (κ3) is 4.40. The molecule has 0 amide bonds. The minimum Gasteiger partial charge on any atom is -0.497 e. The summed E-state index contributed by atoms with van der Waals surface area (Å²) in [5.74, 6) is 2.54. The van der Waals surface area contributed by atoms with Crippen LogP contribution in [0.1, 0.15) is 11.1 Å². The summed E-state index contributed by atoms with van der Waals surface area (Å²) >= 11 is 0. The molecule has 0 saturated heterocycles. The maximum Gasteiger partial charge on any atom is 0.127 e. The summed E-state index contributed by atoms with van der Waals surface area (Å²) in [6.07, 6.45) is 0.975. The van der Waals surface area contributed by atoms with E-state index in [9.17, 15) is 0 Å². The van der Waals surface area contributed by atoms with Crippen molar-refractivity contribution < 1.29 is 14.2 Å². The van der Waals surface area contributed by atoms with E-state index >= 15 is 0 Å². The van der Waals surface area contributed by atoms with Crippen molar-refractivity contribution in [1.82, 2.24) is 5.32 Å².